The summed E-state index contributed by atoms with van der Waals surface area (Å²) >= 11 is 1.45. The zero-order valence-corrected chi connectivity index (χ0v) is 20.1. The third-order valence-corrected chi connectivity index (χ3v) is 6.53. The van der Waals surface area contributed by atoms with Gasteiger partial charge in [-0.25, -0.2) is 9.37 Å². The third-order valence-electron chi connectivity index (χ3n) is 5.23. The molecule has 0 bridgehead atoms. The smallest absolute Gasteiger partial charge is 0.272 e. The molecule has 0 aliphatic heterocycles. The number of hydrogen-bond acceptors (Lipinski definition) is 6. The molecule has 0 aliphatic carbocycles. The minimum atomic E-state index is -0.870. The highest BCUT2D eigenvalue weighted by Crippen LogP contribution is 2.34. The van der Waals surface area contributed by atoms with Crippen molar-refractivity contribution in [3.05, 3.63) is 99.0 Å². The van der Waals surface area contributed by atoms with Crippen LogP contribution in [-0.4, -0.2) is 39.7 Å². The Balaban J connectivity index is 1.55. The Morgan fingerprint density at radius 2 is 1.94 bits per heavy atom. The first-order valence-electron chi connectivity index (χ1n) is 10.8. The Kier molecular flexibility index (Phi) is 7.13. The van der Waals surface area contributed by atoms with E-state index in [0.29, 0.717) is 6.54 Å². The summed E-state index contributed by atoms with van der Waals surface area (Å²) in [4.78, 5) is 32.3. The van der Waals surface area contributed by atoms with Gasteiger partial charge in [0.05, 0.1) is 6.04 Å². The highest BCUT2D eigenvalue weighted by atomic mass is 32.1. The Morgan fingerprint density at radius 1 is 1.14 bits per heavy atom. The summed E-state index contributed by atoms with van der Waals surface area (Å²) < 4.78 is 28.8. The van der Waals surface area contributed by atoms with Crippen LogP contribution in [0.15, 0.2) is 65.6 Å². The monoisotopic (exact) mass is 495 g/mol. The SMILES string of the molecule is C[C@@H](NC(=O)c1ccc(=O)n(-c2cccnc2F)n1)c1ccc(-c2cc(F)ccc2CN(C)C)s1. The summed E-state index contributed by atoms with van der Waals surface area (Å²) in [7, 11) is 3.90. The Hall–Kier alpha value is -3.76. The van der Waals surface area contributed by atoms with Gasteiger partial charge in [0, 0.05) is 28.6 Å². The standard InChI is InChI=1S/C25H23F2N5O2S/c1-15(21-9-10-22(35-21)18-13-17(26)7-6-16(18)14-31(2)3)29-25(34)19-8-11-23(33)32(30-19)20-5-4-12-28-24(20)27/h4-13,15H,14H2,1-3H3,(H,29,34)/t15-/m1/s1. The largest absolute Gasteiger partial charge is 0.343 e. The van der Waals surface area contributed by atoms with E-state index in [9.17, 15) is 18.4 Å². The van der Waals surface area contributed by atoms with E-state index in [-0.39, 0.29) is 23.2 Å². The van der Waals surface area contributed by atoms with Crippen LogP contribution in [0.4, 0.5) is 8.78 Å². The molecule has 1 atom stereocenters. The predicted molar refractivity (Wildman–Crippen MR) is 131 cm³/mol. The van der Waals surface area contributed by atoms with Crippen LogP contribution in [-0.2, 0) is 6.54 Å². The minimum absolute atomic E-state index is 0.0464. The number of nitrogens with zero attached hydrogens (tertiary/aromatic N) is 4. The molecule has 0 radical (unpaired) electrons. The lowest BCUT2D eigenvalue weighted by molar-refractivity contribution is 0.0933. The van der Waals surface area contributed by atoms with E-state index >= 15 is 0 Å². The maximum Gasteiger partial charge on any atom is 0.272 e. The molecule has 10 heteroatoms. The molecular formula is C25H23F2N5O2S. The molecule has 180 valence electrons. The number of carbonyl (C=O) groups is 1. The predicted octanol–water partition coefficient (Wildman–Crippen LogP) is 4.19. The van der Waals surface area contributed by atoms with Crippen molar-refractivity contribution in [1.82, 2.24) is 25.0 Å². The van der Waals surface area contributed by atoms with Crippen molar-refractivity contribution in [2.75, 3.05) is 14.1 Å². The number of benzene rings is 1. The number of carbonyl (C=O) groups excluding carboxylic acids is 1. The fraction of sp³-hybridized carbons (Fsp3) is 0.200. The normalized spacial score (nSPS) is 12.1. The molecule has 7 nitrogen and oxygen atoms in total. The maximum absolute atomic E-state index is 14.0. The van der Waals surface area contributed by atoms with Gasteiger partial charge in [-0.15, -0.1) is 11.3 Å². The first kappa shape index (κ1) is 24.4. The second-order valence-electron chi connectivity index (χ2n) is 8.22. The van der Waals surface area contributed by atoms with Crippen molar-refractivity contribution < 1.29 is 13.6 Å². The number of pyridine rings is 1. The van der Waals surface area contributed by atoms with Gasteiger partial charge in [0.15, 0.2) is 0 Å². The average Bonchev–Trinajstić information content (AvgIpc) is 3.31. The Labute approximate surface area is 204 Å². The number of thiophene rings is 1. The molecule has 0 aliphatic rings. The van der Waals surface area contributed by atoms with E-state index in [0.717, 1.165) is 31.6 Å². The molecule has 0 spiro atoms. The average molecular weight is 496 g/mol. The molecule has 3 aromatic heterocycles. The van der Waals surface area contributed by atoms with Gasteiger partial charge in [0.25, 0.3) is 11.5 Å². The van der Waals surface area contributed by atoms with Crippen molar-refractivity contribution >= 4 is 17.2 Å². The van der Waals surface area contributed by atoms with Gasteiger partial charge in [-0.05, 0) is 74.6 Å². The topological polar surface area (TPSA) is 80.1 Å². The highest BCUT2D eigenvalue weighted by Gasteiger charge is 2.18. The van der Waals surface area contributed by atoms with Crippen LogP contribution in [0.3, 0.4) is 0 Å². The lowest BCUT2D eigenvalue weighted by atomic mass is 10.1. The van der Waals surface area contributed by atoms with Crippen molar-refractivity contribution in [2.24, 2.45) is 0 Å². The first-order chi connectivity index (χ1) is 16.7. The van der Waals surface area contributed by atoms with Gasteiger partial charge < -0.3 is 10.2 Å². The Morgan fingerprint density at radius 3 is 2.69 bits per heavy atom. The molecule has 35 heavy (non-hydrogen) atoms. The quantitative estimate of drug-likeness (QED) is 0.389. The van der Waals surface area contributed by atoms with Crippen LogP contribution in [0.5, 0.6) is 0 Å². The van der Waals surface area contributed by atoms with Gasteiger partial charge in [-0.3, -0.25) is 9.59 Å². The van der Waals surface area contributed by atoms with Crippen LogP contribution in [0.1, 0.15) is 33.9 Å². The van der Waals surface area contributed by atoms with Gasteiger partial charge >= 0.3 is 0 Å². The van der Waals surface area contributed by atoms with E-state index in [1.807, 2.05) is 38.1 Å². The molecule has 0 saturated heterocycles. The van der Waals surface area contributed by atoms with Crippen molar-refractivity contribution in [3.8, 4) is 16.1 Å². The molecule has 0 fully saturated rings. The van der Waals surface area contributed by atoms with Gasteiger partial charge in [0.2, 0.25) is 5.95 Å². The van der Waals surface area contributed by atoms with Crippen LogP contribution < -0.4 is 10.9 Å². The van der Waals surface area contributed by atoms with E-state index in [4.69, 9.17) is 0 Å². The zero-order chi connectivity index (χ0) is 25.1. The van der Waals surface area contributed by atoms with Crippen molar-refractivity contribution in [2.45, 2.75) is 19.5 Å². The van der Waals surface area contributed by atoms with Crippen molar-refractivity contribution in [3.63, 3.8) is 0 Å². The molecular weight excluding hydrogens is 472 g/mol. The van der Waals surface area contributed by atoms with Crippen LogP contribution in [0.2, 0.25) is 0 Å². The summed E-state index contributed by atoms with van der Waals surface area (Å²) in [6.07, 6.45) is 1.25. The van der Waals surface area contributed by atoms with E-state index in [1.54, 1.807) is 6.07 Å². The fourth-order valence-corrected chi connectivity index (χ4v) is 4.63. The summed E-state index contributed by atoms with van der Waals surface area (Å²) in [6, 6.07) is 13.4. The van der Waals surface area contributed by atoms with Gasteiger partial charge in [-0.1, -0.05) is 6.07 Å². The molecule has 0 saturated carbocycles. The molecule has 1 amide bonds. The van der Waals surface area contributed by atoms with Crippen LogP contribution in [0, 0.1) is 11.8 Å². The lowest BCUT2D eigenvalue weighted by Gasteiger charge is -2.14. The molecule has 4 rings (SSSR count). The molecule has 1 N–H and O–H groups in total. The number of nitrogens with one attached hydrogen (secondary N) is 1. The van der Waals surface area contributed by atoms with E-state index < -0.39 is 17.4 Å². The molecule has 4 aromatic rings. The maximum atomic E-state index is 14.0. The second kappa shape index (κ2) is 10.2. The highest BCUT2D eigenvalue weighted by molar-refractivity contribution is 7.15. The first-order valence-corrected chi connectivity index (χ1v) is 11.6. The molecule has 3 heterocycles. The Bertz CT molecular complexity index is 1430. The summed E-state index contributed by atoms with van der Waals surface area (Å²) in [5.74, 6) is -1.71. The number of halogens is 2. The molecule has 0 unspecified atom stereocenters. The zero-order valence-electron chi connectivity index (χ0n) is 19.3. The summed E-state index contributed by atoms with van der Waals surface area (Å²) in [5, 5.41) is 6.87. The van der Waals surface area contributed by atoms with Gasteiger partial charge in [0.1, 0.15) is 17.2 Å². The number of amides is 1. The number of rotatable bonds is 7. The number of hydrogen-bond donors (Lipinski definition) is 1. The molecule has 1 aromatic carbocycles. The second-order valence-corrected chi connectivity index (χ2v) is 9.33. The van der Waals surface area contributed by atoms with Crippen LogP contribution in [0.25, 0.3) is 16.1 Å². The van der Waals surface area contributed by atoms with E-state index in [2.05, 4.69) is 15.4 Å². The van der Waals surface area contributed by atoms with Crippen LogP contribution >= 0.6 is 11.3 Å². The number of aromatic nitrogens is 3. The third kappa shape index (κ3) is 5.50. The lowest BCUT2D eigenvalue weighted by Crippen LogP contribution is -2.30. The summed E-state index contributed by atoms with van der Waals surface area (Å²) in [5.41, 5.74) is 1.02. The fourth-order valence-electron chi connectivity index (χ4n) is 3.57. The summed E-state index contributed by atoms with van der Waals surface area (Å²) in [6.45, 7) is 2.48. The van der Waals surface area contributed by atoms with Gasteiger partial charge in [-0.2, -0.15) is 14.2 Å². The van der Waals surface area contributed by atoms with E-state index in [1.165, 1.54) is 47.9 Å². The van der Waals surface area contributed by atoms with Crippen molar-refractivity contribution in [1.29, 1.82) is 0 Å². The minimum Gasteiger partial charge on any atom is -0.343 e.